The molecule has 5 heteroatoms. The lowest BCUT2D eigenvalue weighted by Crippen LogP contribution is -2.46. The van der Waals surface area contributed by atoms with E-state index in [2.05, 4.69) is 39.9 Å². The topological polar surface area (TPSA) is 48.4 Å². The standard InChI is InChI=1S/C16H31N3OS/c1-11(17-9-16(6,20)10-19(7)8)13-12(2)18-14(21-13)15(3,4)5/h11,17,20H,9-10H2,1-8H3. The molecule has 1 rings (SSSR count). The molecule has 1 aromatic heterocycles. The predicted octanol–water partition coefficient (Wildman–Crippen LogP) is 2.71. The minimum atomic E-state index is -0.733. The summed E-state index contributed by atoms with van der Waals surface area (Å²) >= 11 is 1.77. The van der Waals surface area contributed by atoms with Gasteiger partial charge in [-0.1, -0.05) is 20.8 Å². The number of thiazole rings is 1. The van der Waals surface area contributed by atoms with E-state index < -0.39 is 5.60 Å². The van der Waals surface area contributed by atoms with E-state index in [0.29, 0.717) is 13.1 Å². The van der Waals surface area contributed by atoms with Gasteiger partial charge in [-0.3, -0.25) is 0 Å². The monoisotopic (exact) mass is 313 g/mol. The molecule has 1 heterocycles. The van der Waals surface area contributed by atoms with E-state index in [1.54, 1.807) is 11.3 Å². The second-order valence-corrected chi connectivity index (χ2v) is 8.59. The molecule has 0 saturated carbocycles. The van der Waals surface area contributed by atoms with E-state index in [4.69, 9.17) is 4.98 Å². The number of aliphatic hydroxyl groups is 1. The molecule has 0 amide bonds. The third-order valence-electron chi connectivity index (χ3n) is 3.31. The first-order valence-electron chi connectivity index (χ1n) is 7.51. The van der Waals surface area contributed by atoms with Crippen LogP contribution in [0.5, 0.6) is 0 Å². The highest BCUT2D eigenvalue weighted by Crippen LogP contribution is 2.32. The van der Waals surface area contributed by atoms with Crippen LogP contribution < -0.4 is 5.32 Å². The Morgan fingerprint density at radius 1 is 1.29 bits per heavy atom. The second-order valence-electron chi connectivity index (χ2n) is 7.56. The molecule has 2 unspecified atom stereocenters. The van der Waals surface area contributed by atoms with E-state index in [1.807, 2.05) is 25.9 Å². The van der Waals surface area contributed by atoms with Crippen LogP contribution >= 0.6 is 11.3 Å². The van der Waals surface area contributed by atoms with Crippen LogP contribution in [0.4, 0.5) is 0 Å². The van der Waals surface area contributed by atoms with Crippen molar-refractivity contribution in [1.82, 2.24) is 15.2 Å². The van der Waals surface area contributed by atoms with Gasteiger partial charge in [0.15, 0.2) is 0 Å². The number of hydrogen-bond acceptors (Lipinski definition) is 5. The Labute approximate surface area is 133 Å². The predicted molar refractivity (Wildman–Crippen MR) is 91.1 cm³/mol. The molecule has 0 aliphatic carbocycles. The average Bonchev–Trinajstić information content (AvgIpc) is 2.66. The molecule has 0 fully saturated rings. The molecule has 122 valence electrons. The minimum absolute atomic E-state index is 0.0871. The molecule has 0 spiro atoms. The zero-order valence-electron chi connectivity index (χ0n) is 14.7. The fraction of sp³-hybridized carbons (Fsp3) is 0.812. The van der Waals surface area contributed by atoms with Crippen molar-refractivity contribution in [2.45, 2.75) is 58.6 Å². The summed E-state index contributed by atoms with van der Waals surface area (Å²) in [4.78, 5) is 7.97. The third-order valence-corrected chi connectivity index (χ3v) is 5.08. The van der Waals surface area contributed by atoms with Crippen LogP contribution in [0.2, 0.25) is 0 Å². The molecule has 0 aliphatic rings. The minimum Gasteiger partial charge on any atom is -0.388 e. The Morgan fingerprint density at radius 2 is 1.86 bits per heavy atom. The Morgan fingerprint density at radius 3 is 2.29 bits per heavy atom. The Bertz CT molecular complexity index is 461. The Hall–Kier alpha value is -0.490. The summed E-state index contributed by atoms with van der Waals surface area (Å²) in [6, 6.07) is 0.201. The van der Waals surface area contributed by atoms with Gasteiger partial charge in [0.05, 0.1) is 16.3 Å². The van der Waals surface area contributed by atoms with Crippen molar-refractivity contribution in [2.75, 3.05) is 27.2 Å². The highest BCUT2D eigenvalue weighted by molar-refractivity contribution is 7.12. The van der Waals surface area contributed by atoms with Gasteiger partial charge < -0.3 is 15.3 Å². The van der Waals surface area contributed by atoms with Crippen molar-refractivity contribution in [3.8, 4) is 0 Å². The number of aryl methyl sites for hydroxylation is 1. The first-order valence-corrected chi connectivity index (χ1v) is 8.32. The summed E-state index contributed by atoms with van der Waals surface area (Å²) in [6.07, 6.45) is 0. The zero-order valence-corrected chi connectivity index (χ0v) is 15.6. The number of likely N-dealkylation sites (N-methyl/N-ethyl adjacent to an activating group) is 1. The Kier molecular flexibility index (Phi) is 5.95. The lowest BCUT2D eigenvalue weighted by molar-refractivity contribution is 0.0318. The van der Waals surface area contributed by atoms with Crippen LogP contribution in [0.1, 0.15) is 56.2 Å². The van der Waals surface area contributed by atoms with Gasteiger partial charge in [0.2, 0.25) is 0 Å². The van der Waals surface area contributed by atoms with Crippen molar-refractivity contribution in [1.29, 1.82) is 0 Å². The average molecular weight is 314 g/mol. The largest absolute Gasteiger partial charge is 0.388 e. The fourth-order valence-electron chi connectivity index (χ4n) is 2.33. The molecule has 0 aromatic carbocycles. The quantitative estimate of drug-likeness (QED) is 0.848. The van der Waals surface area contributed by atoms with Crippen molar-refractivity contribution in [3.63, 3.8) is 0 Å². The van der Waals surface area contributed by atoms with Gasteiger partial charge in [-0.2, -0.15) is 0 Å². The van der Waals surface area contributed by atoms with Crippen LogP contribution in [0.25, 0.3) is 0 Å². The van der Waals surface area contributed by atoms with Crippen LogP contribution in [-0.2, 0) is 5.41 Å². The van der Waals surface area contributed by atoms with Gasteiger partial charge in [-0.05, 0) is 34.9 Å². The zero-order chi connectivity index (χ0) is 16.4. The van der Waals surface area contributed by atoms with Crippen molar-refractivity contribution in [2.24, 2.45) is 0 Å². The van der Waals surface area contributed by atoms with Gasteiger partial charge in [0, 0.05) is 29.4 Å². The number of rotatable bonds is 6. The van der Waals surface area contributed by atoms with E-state index in [-0.39, 0.29) is 11.5 Å². The van der Waals surface area contributed by atoms with Crippen LogP contribution in [0, 0.1) is 6.92 Å². The number of hydrogen-bond donors (Lipinski definition) is 2. The molecule has 0 radical (unpaired) electrons. The van der Waals surface area contributed by atoms with Crippen LogP contribution in [0.3, 0.4) is 0 Å². The molecule has 4 nitrogen and oxygen atoms in total. The molecule has 1 aromatic rings. The van der Waals surface area contributed by atoms with Gasteiger partial charge in [-0.15, -0.1) is 11.3 Å². The maximum Gasteiger partial charge on any atom is 0.0985 e. The summed E-state index contributed by atoms with van der Waals surface area (Å²) in [5, 5.41) is 15.0. The van der Waals surface area contributed by atoms with Gasteiger partial charge in [0.1, 0.15) is 0 Å². The molecular formula is C16H31N3OS. The maximum atomic E-state index is 10.4. The molecule has 0 aliphatic heterocycles. The van der Waals surface area contributed by atoms with E-state index >= 15 is 0 Å². The summed E-state index contributed by atoms with van der Waals surface area (Å²) in [7, 11) is 3.95. The summed E-state index contributed by atoms with van der Waals surface area (Å²) in [5.41, 5.74) is 0.449. The molecule has 2 atom stereocenters. The SMILES string of the molecule is Cc1nc(C(C)(C)C)sc1C(C)NCC(C)(O)CN(C)C. The second kappa shape index (κ2) is 6.73. The first-order chi connectivity index (χ1) is 9.42. The smallest absolute Gasteiger partial charge is 0.0985 e. The molecule has 2 N–H and O–H groups in total. The third kappa shape index (κ3) is 5.66. The lowest BCUT2D eigenvalue weighted by atomic mass is 9.98. The lowest BCUT2D eigenvalue weighted by Gasteiger charge is -2.28. The summed E-state index contributed by atoms with van der Waals surface area (Å²) in [6.45, 7) is 13.8. The highest BCUT2D eigenvalue weighted by Gasteiger charge is 2.25. The van der Waals surface area contributed by atoms with Crippen LogP contribution in [-0.4, -0.2) is 47.8 Å². The molecule has 21 heavy (non-hydrogen) atoms. The van der Waals surface area contributed by atoms with Gasteiger partial charge in [0.25, 0.3) is 0 Å². The fourth-order valence-corrected chi connectivity index (χ4v) is 3.48. The maximum absolute atomic E-state index is 10.4. The van der Waals surface area contributed by atoms with Crippen molar-refractivity contribution >= 4 is 11.3 Å². The van der Waals surface area contributed by atoms with E-state index in [1.165, 1.54) is 9.88 Å². The number of nitrogens with zero attached hydrogens (tertiary/aromatic N) is 2. The van der Waals surface area contributed by atoms with Crippen molar-refractivity contribution in [3.05, 3.63) is 15.6 Å². The van der Waals surface area contributed by atoms with Gasteiger partial charge >= 0.3 is 0 Å². The summed E-state index contributed by atoms with van der Waals surface area (Å²) < 4.78 is 0. The number of nitrogens with one attached hydrogen (secondary N) is 1. The molecule has 0 bridgehead atoms. The highest BCUT2D eigenvalue weighted by atomic mass is 32.1. The normalized spacial score (nSPS) is 17.0. The number of aromatic nitrogens is 1. The Balaban J connectivity index is 2.72. The van der Waals surface area contributed by atoms with Crippen LogP contribution in [0.15, 0.2) is 0 Å². The summed E-state index contributed by atoms with van der Waals surface area (Å²) in [5.74, 6) is 0. The van der Waals surface area contributed by atoms with Gasteiger partial charge in [-0.25, -0.2) is 4.98 Å². The van der Waals surface area contributed by atoms with Crippen molar-refractivity contribution < 1.29 is 5.11 Å². The first kappa shape index (κ1) is 18.6. The van der Waals surface area contributed by atoms with E-state index in [9.17, 15) is 5.11 Å². The van der Waals surface area contributed by atoms with E-state index in [0.717, 1.165) is 5.69 Å². The molecule has 0 saturated heterocycles. The molecular weight excluding hydrogens is 282 g/mol.